The summed E-state index contributed by atoms with van der Waals surface area (Å²) in [6.07, 6.45) is 1.87. The molecule has 4 nitrogen and oxygen atoms in total. The number of rotatable bonds is 2. The largest absolute Gasteiger partial charge is 0.455 e. The molecule has 6 aromatic carbocycles. The maximum absolute atomic E-state index is 6.38. The first kappa shape index (κ1) is 23.6. The molecule has 10 aromatic rings. The number of aromatic nitrogens is 3. The fourth-order valence-corrected chi connectivity index (χ4v) is 7.00. The van der Waals surface area contributed by atoms with E-state index in [-0.39, 0.29) is 0 Å². The molecule has 10 rings (SSSR count). The van der Waals surface area contributed by atoms with Crippen LogP contribution in [0.4, 0.5) is 0 Å². The molecule has 0 unspecified atom stereocenters. The number of hydrogen-bond donors (Lipinski definition) is 0. The van der Waals surface area contributed by atoms with Crippen LogP contribution in [0.1, 0.15) is 0 Å². The molecule has 44 heavy (non-hydrogen) atoms. The highest BCUT2D eigenvalue weighted by Gasteiger charge is 2.18. The summed E-state index contributed by atoms with van der Waals surface area (Å²) in [5.41, 5.74) is 11.4. The molecule has 0 radical (unpaired) electrons. The summed E-state index contributed by atoms with van der Waals surface area (Å²) in [5.74, 6) is 0. The third kappa shape index (κ3) is 3.22. The average molecular weight is 562 g/mol. The Hall–Kier alpha value is -6.00. The highest BCUT2D eigenvalue weighted by molar-refractivity contribution is 6.22. The van der Waals surface area contributed by atoms with Crippen molar-refractivity contribution >= 4 is 71.2 Å². The van der Waals surface area contributed by atoms with Gasteiger partial charge in [-0.15, -0.1) is 0 Å². The Morgan fingerprint density at radius 1 is 0.545 bits per heavy atom. The van der Waals surface area contributed by atoms with Gasteiger partial charge in [-0.2, -0.15) is 0 Å². The van der Waals surface area contributed by atoms with Gasteiger partial charge >= 0.3 is 0 Å². The first-order valence-electron chi connectivity index (χ1n) is 14.8. The monoisotopic (exact) mass is 561 g/mol. The fraction of sp³-hybridized carbons (Fsp3) is 0. The van der Waals surface area contributed by atoms with Gasteiger partial charge in [0.05, 0.1) is 27.5 Å². The van der Waals surface area contributed by atoms with Crippen molar-refractivity contribution in [3.63, 3.8) is 0 Å². The van der Waals surface area contributed by atoms with Crippen LogP contribution in [0.25, 0.3) is 93.5 Å². The topological polar surface area (TPSA) is 43.3 Å². The molecule has 0 N–H and O–H groups in total. The molecule has 0 bridgehead atoms. The number of pyridine rings is 2. The molecule has 4 aromatic heterocycles. The summed E-state index contributed by atoms with van der Waals surface area (Å²) in [7, 11) is 0. The van der Waals surface area contributed by atoms with E-state index >= 15 is 0 Å². The number of furan rings is 1. The quantitative estimate of drug-likeness (QED) is 0.197. The maximum Gasteiger partial charge on any atom is 0.148 e. The molecule has 0 atom stereocenters. The number of hydrogen-bond acceptors (Lipinski definition) is 3. The van der Waals surface area contributed by atoms with Gasteiger partial charge in [0.25, 0.3) is 0 Å². The normalized spacial score (nSPS) is 12.1. The van der Waals surface area contributed by atoms with Gasteiger partial charge < -0.3 is 4.42 Å². The minimum Gasteiger partial charge on any atom is -0.455 e. The first-order valence-corrected chi connectivity index (χ1v) is 14.8. The SMILES string of the molecule is c1cc(-c2ccc3c4ccc5cccnc5c4c4nc5ccccc5n4c3c2)cc(-c2cccc3c2oc2ccccc23)c1. The smallest absolute Gasteiger partial charge is 0.148 e. The summed E-state index contributed by atoms with van der Waals surface area (Å²) >= 11 is 0. The van der Waals surface area contributed by atoms with Crippen molar-refractivity contribution in [2.75, 3.05) is 0 Å². The molecule has 0 fully saturated rings. The van der Waals surface area contributed by atoms with Gasteiger partial charge in [-0.3, -0.25) is 9.38 Å². The third-order valence-electron chi connectivity index (χ3n) is 9.00. The van der Waals surface area contributed by atoms with E-state index in [0.717, 1.165) is 88.1 Å². The highest BCUT2D eigenvalue weighted by atomic mass is 16.3. The molecular weight excluding hydrogens is 538 g/mol. The van der Waals surface area contributed by atoms with E-state index < -0.39 is 0 Å². The van der Waals surface area contributed by atoms with E-state index in [9.17, 15) is 0 Å². The third-order valence-corrected chi connectivity index (χ3v) is 9.00. The molecule has 204 valence electrons. The van der Waals surface area contributed by atoms with Crippen LogP contribution in [0.15, 0.2) is 144 Å². The zero-order valence-corrected chi connectivity index (χ0v) is 23.5. The predicted octanol–water partition coefficient (Wildman–Crippen LogP) is 10.6. The number of fused-ring (bicyclic) bond motifs is 13. The summed E-state index contributed by atoms with van der Waals surface area (Å²) in [6.45, 7) is 0. The van der Waals surface area contributed by atoms with Crippen LogP contribution >= 0.6 is 0 Å². The van der Waals surface area contributed by atoms with Gasteiger partial charge in [-0.05, 0) is 58.5 Å². The minimum absolute atomic E-state index is 0.910. The second kappa shape index (κ2) is 8.76. The van der Waals surface area contributed by atoms with Crippen LogP contribution in [-0.2, 0) is 0 Å². The second-order valence-electron chi connectivity index (χ2n) is 11.4. The molecule has 0 aliphatic heterocycles. The van der Waals surface area contributed by atoms with E-state index in [1.54, 1.807) is 0 Å². The van der Waals surface area contributed by atoms with Crippen LogP contribution in [0, 0.1) is 0 Å². The van der Waals surface area contributed by atoms with Gasteiger partial charge in [-0.25, -0.2) is 4.98 Å². The van der Waals surface area contributed by atoms with E-state index in [1.165, 1.54) is 5.39 Å². The summed E-state index contributed by atoms with van der Waals surface area (Å²) in [6, 6.07) is 47.1. The Balaban J connectivity index is 1.24. The zero-order valence-electron chi connectivity index (χ0n) is 23.5. The summed E-state index contributed by atoms with van der Waals surface area (Å²) in [5, 5.41) is 6.81. The van der Waals surface area contributed by atoms with Crippen molar-refractivity contribution in [1.82, 2.24) is 14.4 Å². The van der Waals surface area contributed by atoms with Crippen molar-refractivity contribution < 1.29 is 4.42 Å². The fourth-order valence-electron chi connectivity index (χ4n) is 7.00. The zero-order chi connectivity index (χ0) is 28.8. The van der Waals surface area contributed by atoms with Crippen LogP contribution in [-0.4, -0.2) is 14.4 Å². The Kier molecular flexibility index (Phi) is 4.69. The molecule has 0 aliphatic rings. The molecule has 0 aliphatic carbocycles. The van der Waals surface area contributed by atoms with Crippen molar-refractivity contribution in [1.29, 1.82) is 0 Å². The summed E-state index contributed by atoms with van der Waals surface area (Å²) in [4.78, 5) is 9.97. The molecule has 0 amide bonds. The molecule has 4 heterocycles. The molecule has 0 spiro atoms. The average Bonchev–Trinajstić information content (AvgIpc) is 3.67. The van der Waals surface area contributed by atoms with Gasteiger partial charge in [-0.1, -0.05) is 97.1 Å². The molecular formula is C40H23N3O. The lowest BCUT2D eigenvalue weighted by molar-refractivity contribution is 0.670. The van der Waals surface area contributed by atoms with Crippen molar-refractivity contribution in [3.05, 3.63) is 140 Å². The van der Waals surface area contributed by atoms with Gasteiger partial charge in [0.15, 0.2) is 0 Å². The predicted molar refractivity (Wildman–Crippen MR) is 181 cm³/mol. The van der Waals surface area contributed by atoms with Crippen LogP contribution in [0.5, 0.6) is 0 Å². The van der Waals surface area contributed by atoms with Crippen LogP contribution in [0.3, 0.4) is 0 Å². The molecule has 0 saturated heterocycles. The number of para-hydroxylation sites is 4. The van der Waals surface area contributed by atoms with Gasteiger partial charge in [0, 0.05) is 33.3 Å². The molecule has 4 heteroatoms. The number of benzene rings is 6. The van der Waals surface area contributed by atoms with Crippen LogP contribution in [0.2, 0.25) is 0 Å². The Morgan fingerprint density at radius 3 is 2.36 bits per heavy atom. The summed E-state index contributed by atoms with van der Waals surface area (Å²) < 4.78 is 8.69. The first-order chi connectivity index (χ1) is 21.8. The number of imidazole rings is 1. The lowest BCUT2D eigenvalue weighted by Crippen LogP contribution is -1.94. The van der Waals surface area contributed by atoms with E-state index in [2.05, 4.69) is 120 Å². The lowest BCUT2D eigenvalue weighted by atomic mass is 9.96. The van der Waals surface area contributed by atoms with Crippen molar-refractivity contribution in [3.8, 4) is 22.3 Å². The highest BCUT2D eigenvalue weighted by Crippen LogP contribution is 2.39. The standard InChI is InChI=1S/C40H23N3O/c1-4-16-36-30(11-1)32-13-6-12-28(39(32)44-36)27-9-5-8-25(22-27)26-18-19-29-31-20-17-24-10-7-21-41-38(24)37(31)40-42-33-14-2-3-15-34(33)43(40)35(29)23-26/h1-23H. The Bertz CT molecular complexity index is 2790. The van der Waals surface area contributed by atoms with Crippen LogP contribution < -0.4 is 0 Å². The number of nitrogens with zero attached hydrogens (tertiary/aromatic N) is 3. The van der Waals surface area contributed by atoms with Crippen molar-refractivity contribution in [2.24, 2.45) is 0 Å². The van der Waals surface area contributed by atoms with E-state index in [0.29, 0.717) is 0 Å². The Labute approximate surface area is 251 Å². The Morgan fingerprint density at radius 2 is 1.36 bits per heavy atom. The van der Waals surface area contributed by atoms with Gasteiger partial charge in [0.1, 0.15) is 16.8 Å². The maximum atomic E-state index is 6.38. The van der Waals surface area contributed by atoms with E-state index in [4.69, 9.17) is 14.4 Å². The van der Waals surface area contributed by atoms with Crippen molar-refractivity contribution in [2.45, 2.75) is 0 Å². The molecule has 0 saturated carbocycles. The van der Waals surface area contributed by atoms with E-state index in [1.807, 2.05) is 24.4 Å². The second-order valence-corrected chi connectivity index (χ2v) is 11.4. The lowest BCUT2D eigenvalue weighted by Gasteiger charge is -2.13. The minimum atomic E-state index is 0.910. The van der Waals surface area contributed by atoms with Gasteiger partial charge in [0.2, 0.25) is 0 Å².